The average Bonchev–Trinajstić information content (AvgIpc) is 3.04. The van der Waals surface area contributed by atoms with Crippen molar-refractivity contribution in [1.29, 1.82) is 5.26 Å². The van der Waals surface area contributed by atoms with Crippen LogP contribution < -0.4 is 0 Å². The van der Waals surface area contributed by atoms with Crippen molar-refractivity contribution in [2.75, 3.05) is 13.1 Å². The molecule has 0 radical (unpaired) electrons. The number of alkyl halides is 3. The molecule has 1 aromatic carbocycles. The maximum atomic E-state index is 12.4. The number of rotatable bonds is 5. The summed E-state index contributed by atoms with van der Waals surface area (Å²) in [5.74, 6) is -1.97. The van der Waals surface area contributed by atoms with Gasteiger partial charge in [0.2, 0.25) is 5.82 Å². The number of aromatic nitrogens is 2. The Morgan fingerprint density at radius 1 is 1.33 bits per heavy atom. The molecule has 6 nitrogen and oxygen atoms in total. The lowest BCUT2D eigenvalue weighted by Gasteiger charge is -2.18. The molecule has 0 bridgehead atoms. The Bertz CT molecular complexity index is 747. The molecule has 0 atom stereocenters. The van der Waals surface area contributed by atoms with Gasteiger partial charge >= 0.3 is 12.1 Å². The average molecular weight is 338 g/mol. The highest BCUT2D eigenvalue weighted by Gasteiger charge is 2.38. The predicted molar refractivity (Wildman–Crippen MR) is 76.5 cm³/mol. The Labute approximate surface area is 135 Å². The molecule has 0 spiro atoms. The van der Waals surface area contributed by atoms with Crippen molar-refractivity contribution in [2.24, 2.45) is 0 Å². The van der Waals surface area contributed by atoms with Gasteiger partial charge in [-0.2, -0.15) is 23.4 Å². The zero-order valence-corrected chi connectivity index (χ0v) is 12.7. The van der Waals surface area contributed by atoms with Crippen LogP contribution in [-0.2, 0) is 6.18 Å². The second-order valence-corrected chi connectivity index (χ2v) is 4.88. The summed E-state index contributed by atoms with van der Waals surface area (Å²) in [4.78, 5) is 17.0. The zero-order valence-electron chi connectivity index (χ0n) is 12.7. The molecule has 0 saturated heterocycles. The number of carbonyl (C=O) groups excluding carboxylic acids is 1. The SMILES string of the molecule is CCCN(CC#N)C(=O)c1ccc(-c2noc(C(F)(F)F)n2)cc1. The van der Waals surface area contributed by atoms with E-state index < -0.39 is 12.1 Å². The number of hydrogen-bond acceptors (Lipinski definition) is 5. The Morgan fingerprint density at radius 3 is 2.50 bits per heavy atom. The highest BCUT2D eigenvalue weighted by Crippen LogP contribution is 2.29. The van der Waals surface area contributed by atoms with Gasteiger partial charge in [-0.3, -0.25) is 4.79 Å². The second-order valence-electron chi connectivity index (χ2n) is 4.88. The normalized spacial score (nSPS) is 11.1. The number of nitrogens with zero attached hydrogens (tertiary/aromatic N) is 4. The second kappa shape index (κ2) is 7.12. The van der Waals surface area contributed by atoms with Crippen LogP contribution in [0.4, 0.5) is 13.2 Å². The van der Waals surface area contributed by atoms with Crippen LogP contribution in [0.1, 0.15) is 29.6 Å². The van der Waals surface area contributed by atoms with Crippen molar-refractivity contribution in [3.8, 4) is 17.5 Å². The summed E-state index contributed by atoms with van der Waals surface area (Å²) < 4.78 is 41.5. The molecule has 0 aliphatic rings. The van der Waals surface area contributed by atoms with E-state index in [1.54, 1.807) is 0 Å². The summed E-state index contributed by atoms with van der Waals surface area (Å²) in [6, 6.07) is 7.67. The van der Waals surface area contributed by atoms with Gasteiger partial charge in [-0.05, 0) is 18.6 Å². The minimum Gasteiger partial charge on any atom is -0.329 e. The number of carbonyl (C=O) groups is 1. The van der Waals surface area contributed by atoms with Crippen LogP contribution in [0.5, 0.6) is 0 Å². The van der Waals surface area contributed by atoms with Gasteiger partial charge in [-0.25, -0.2) is 0 Å². The molecular weight excluding hydrogens is 325 g/mol. The van der Waals surface area contributed by atoms with Gasteiger partial charge in [0.15, 0.2) is 0 Å². The first-order valence-corrected chi connectivity index (χ1v) is 7.04. The van der Waals surface area contributed by atoms with Crippen LogP contribution >= 0.6 is 0 Å². The van der Waals surface area contributed by atoms with E-state index in [-0.39, 0.29) is 23.8 Å². The van der Waals surface area contributed by atoms with Crippen molar-refractivity contribution in [2.45, 2.75) is 19.5 Å². The Kier molecular flexibility index (Phi) is 5.18. The summed E-state index contributed by atoms with van der Waals surface area (Å²) in [6.45, 7) is 2.29. The fourth-order valence-electron chi connectivity index (χ4n) is 2.01. The van der Waals surface area contributed by atoms with Gasteiger partial charge in [0.25, 0.3) is 5.91 Å². The van der Waals surface area contributed by atoms with E-state index in [1.165, 1.54) is 29.2 Å². The van der Waals surface area contributed by atoms with Crippen molar-refractivity contribution in [3.05, 3.63) is 35.7 Å². The first-order valence-electron chi connectivity index (χ1n) is 7.04. The van der Waals surface area contributed by atoms with Crippen molar-refractivity contribution < 1.29 is 22.5 Å². The summed E-state index contributed by atoms with van der Waals surface area (Å²) >= 11 is 0. The third-order valence-corrected chi connectivity index (χ3v) is 3.10. The Hall–Kier alpha value is -2.89. The minimum atomic E-state index is -4.71. The number of nitriles is 1. The largest absolute Gasteiger partial charge is 0.471 e. The van der Waals surface area contributed by atoms with Crippen LogP contribution in [0.3, 0.4) is 0 Å². The van der Waals surface area contributed by atoms with Crippen LogP contribution in [0.15, 0.2) is 28.8 Å². The van der Waals surface area contributed by atoms with E-state index in [9.17, 15) is 18.0 Å². The van der Waals surface area contributed by atoms with Crippen LogP contribution in [0, 0.1) is 11.3 Å². The first-order chi connectivity index (χ1) is 11.4. The summed E-state index contributed by atoms with van der Waals surface area (Å²) in [7, 11) is 0. The summed E-state index contributed by atoms with van der Waals surface area (Å²) in [6.07, 6.45) is -4.01. The quantitative estimate of drug-likeness (QED) is 0.782. The van der Waals surface area contributed by atoms with E-state index in [2.05, 4.69) is 14.7 Å². The molecule has 0 aliphatic heterocycles. The van der Waals surface area contributed by atoms with Crippen molar-refractivity contribution in [3.63, 3.8) is 0 Å². The molecular formula is C15H13F3N4O2. The molecule has 9 heteroatoms. The first kappa shape index (κ1) is 17.5. The van der Waals surface area contributed by atoms with E-state index in [1.807, 2.05) is 13.0 Å². The van der Waals surface area contributed by atoms with Gasteiger partial charge in [-0.1, -0.05) is 24.2 Å². The van der Waals surface area contributed by atoms with E-state index in [4.69, 9.17) is 5.26 Å². The van der Waals surface area contributed by atoms with Gasteiger partial charge in [-0.15, -0.1) is 0 Å². The third-order valence-electron chi connectivity index (χ3n) is 3.10. The molecule has 1 aromatic heterocycles. The maximum absolute atomic E-state index is 12.4. The molecule has 2 aromatic rings. The number of amides is 1. The molecule has 0 unspecified atom stereocenters. The monoisotopic (exact) mass is 338 g/mol. The van der Waals surface area contributed by atoms with Gasteiger partial charge in [0.1, 0.15) is 6.54 Å². The lowest BCUT2D eigenvalue weighted by molar-refractivity contribution is -0.159. The van der Waals surface area contributed by atoms with Gasteiger partial charge in [0.05, 0.1) is 6.07 Å². The standard InChI is InChI=1S/C15H13F3N4O2/c1-2-8-22(9-7-19)13(23)11-5-3-10(4-6-11)12-20-14(24-21-12)15(16,17)18/h3-6H,2,8-9H2,1H3. The lowest BCUT2D eigenvalue weighted by atomic mass is 10.1. The smallest absolute Gasteiger partial charge is 0.329 e. The molecule has 24 heavy (non-hydrogen) atoms. The Morgan fingerprint density at radius 2 is 2.00 bits per heavy atom. The maximum Gasteiger partial charge on any atom is 0.471 e. The number of hydrogen-bond donors (Lipinski definition) is 0. The van der Waals surface area contributed by atoms with Crippen LogP contribution in [0.25, 0.3) is 11.4 Å². The van der Waals surface area contributed by atoms with Gasteiger partial charge in [0, 0.05) is 17.7 Å². The molecule has 0 saturated carbocycles. The van der Waals surface area contributed by atoms with Crippen molar-refractivity contribution >= 4 is 5.91 Å². The highest BCUT2D eigenvalue weighted by molar-refractivity contribution is 5.94. The fraction of sp³-hybridized carbons (Fsp3) is 0.333. The zero-order chi connectivity index (χ0) is 17.7. The van der Waals surface area contributed by atoms with Crippen molar-refractivity contribution in [1.82, 2.24) is 15.0 Å². The number of benzene rings is 1. The van der Waals surface area contributed by atoms with E-state index in [0.717, 1.165) is 0 Å². The molecule has 0 aliphatic carbocycles. The highest BCUT2D eigenvalue weighted by atomic mass is 19.4. The van der Waals surface area contributed by atoms with E-state index >= 15 is 0 Å². The summed E-state index contributed by atoms with van der Waals surface area (Å²) in [5.41, 5.74) is 0.607. The van der Waals surface area contributed by atoms with Gasteiger partial charge < -0.3 is 9.42 Å². The summed E-state index contributed by atoms with van der Waals surface area (Å²) in [5, 5.41) is 12.0. The Balaban J connectivity index is 2.20. The topological polar surface area (TPSA) is 83.0 Å². The van der Waals surface area contributed by atoms with Crippen LogP contribution in [0.2, 0.25) is 0 Å². The molecule has 0 fully saturated rings. The fourth-order valence-corrected chi connectivity index (χ4v) is 2.01. The molecule has 1 amide bonds. The molecule has 126 valence electrons. The number of halogens is 3. The van der Waals surface area contributed by atoms with Crippen LogP contribution in [-0.4, -0.2) is 34.0 Å². The predicted octanol–water partition coefficient (Wildman–Crippen LogP) is 3.13. The minimum absolute atomic E-state index is 0.0335. The lowest BCUT2D eigenvalue weighted by Crippen LogP contribution is -2.32. The van der Waals surface area contributed by atoms with E-state index in [0.29, 0.717) is 18.5 Å². The molecule has 2 rings (SSSR count). The third kappa shape index (κ3) is 3.90. The molecule has 1 heterocycles. The molecule has 0 N–H and O–H groups in total.